The Bertz CT molecular complexity index is 754. The number of hydrogen-bond donors (Lipinski definition) is 3. The summed E-state index contributed by atoms with van der Waals surface area (Å²) in [5, 5.41) is 3.38. The van der Waals surface area contributed by atoms with Crippen molar-refractivity contribution in [3.05, 3.63) is 69.7 Å². The van der Waals surface area contributed by atoms with E-state index in [9.17, 15) is 9.59 Å². The smallest absolute Gasteiger partial charge is 0.242 e. The summed E-state index contributed by atoms with van der Waals surface area (Å²) in [4.78, 5) is 24.0. The first kappa shape index (κ1) is 19.0. The Balaban J connectivity index is 2.20. The molecular formula is C19H22ClN3O2. The monoisotopic (exact) mass is 359 g/mol. The Kier molecular flexibility index (Phi) is 6.17. The lowest BCUT2D eigenvalue weighted by molar-refractivity contribution is -0.123. The molecule has 25 heavy (non-hydrogen) atoms. The molecule has 2 rings (SSSR count). The van der Waals surface area contributed by atoms with Gasteiger partial charge in [-0.05, 0) is 37.1 Å². The second-order valence-electron chi connectivity index (χ2n) is 6.18. The van der Waals surface area contributed by atoms with Gasteiger partial charge in [0.05, 0.1) is 12.5 Å². The minimum Gasteiger partial charge on any atom is -0.370 e. The van der Waals surface area contributed by atoms with Gasteiger partial charge in [-0.15, -0.1) is 0 Å². The normalized spacial score (nSPS) is 13.1. The molecule has 0 aliphatic carbocycles. The summed E-state index contributed by atoms with van der Waals surface area (Å²) in [5.41, 5.74) is 15.0. The summed E-state index contributed by atoms with van der Waals surface area (Å²) in [6, 6.07) is 11.3. The highest BCUT2D eigenvalue weighted by atomic mass is 35.5. The van der Waals surface area contributed by atoms with Crippen molar-refractivity contribution in [2.45, 2.75) is 32.4 Å². The molecule has 2 aromatic carbocycles. The predicted molar refractivity (Wildman–Crippen MR) is 99.0 cm³/mol. The van der Waals surface area contributed by atoms with Crippen molar-refractivity contribution < 1.29 is 9.59 Å². The zero-order chi connectivity index (χ0) is 18.6. The van der Waals surface area contributed by atoms with Gasteiger partial charge in [-0.2, -0.15) is 0 Å². The highest BCUT2D eigenvalue weighted by Crippen LogP contribution is 2.21. The van der Waals surface area contributed by atoms with E-state index in [1.807, 2.05) is 32.0 Å². The Labute approximate surface area is 152 Å². The summed E-state index contributed by atoms with van der Waals surface area (Å²) >= 11 is 5.89. The van der Waals surface area contributed by atoms with E-state index < -0.39 is 18.0 Å². The van der Waals surface area contributed by atoms with Gasteiger partial charge in [0, 0.05) is 5.02 Å². The van der Waals surface area contributed by atoms with Gasteiger partial charge in [0.2, 0.25) is 11.8 Å². The largest absolute Gasteiger partial charge is 0.370 e. The van der Waals surface area contributed by atoms with Crippen molar-refractivity contribution in [3.63, 3.8) is 0 Å². The Morgan fingerprint density at radius 3 is 2.12 bits per heavy atom. The molecule has 0 saturated carbocycles. The van der Waals surface area contributed by atoms with E-state index in [0.29, 0.717) is 5.02 Å². The van der Waals surface area contributed by atoms with Crippen LogP contribution in [0.4, 0.5) is 0 Å². The van der Waals surface area contributed by atoms with Gasteiger partial charge in [0.25, 0.3) is 0 Å². The van der Waals surface area contributed by atoms with Gasteiger partial charge in [-0.3, -0.25) is 9.59 Å². The average Bonchev–Trinajstić information content (AvgIpc) is 2.52. The number of carbonyl (C=O) groups is 2. The molecule has 0 saturated heterocycles. The zero-order valence-electron chi connectivity index (χ0n) is 14.3. The van der Waals surface area contributed by atoms with Gasteiger partial charge >= 0.3 is 0 Å². The Hall–Kier alpha value is -2.37. The van der Waals surface area contributed by atoms with Crippen LogP contribution >= 0.6 is 11.6 Å². The summed E-state index contributed by atoms with van der Waals surface area (Å²) < 4.78 is 0. The van der Waals surface area contributed by atoms with Crippen LogP contribution in [0.15, 0.2) is 42.5 Å². The number of hydrogen-bond acceptors (Lipinski definition) is 3. The first-order chi connectivity index (χ1) is 11.8. The maximum absolute atomic E-state index is 12.6. The Morgan fingerprint density at radius 1 is 1.04 bits per heavy atom. The van der Waals surface area contributed by atoms with Crippen LogP contribution in [0.5, 0.6) is 0 Å². The van der Waals surface area contributed by atoms with Crippen molar-refractivity contribution in [1.29, 1.82) is 0 Å². The van der Waals surface area contributed by atoms with E-state index in [2.05, 4.69) is 5.32 Å². The van der Waals surface area contributed by atoms with Crippen LogP contribution in [0.1, 0.15) is 40.8 Å². The zero-order valence-corrected chi connectivity index (χ0v) is 15.0. The molecule has 0 aliphatic rings. The van der Waals surface area contributed by atoms with E-state index in [0.717, 1.165) is 22.3 Å². The molecule has 132 valence electrons. The topological polar surface area (TPSA) is 98.2 Å². The molecule has 2 amide bonds. The quantitative estimate of drug-likeness (QED) is 0.739. The van der Waals surface area contributed by atoms with Crippen LogP contribution in [0.2, 0.25) is 5.02 Å². The predicted octanol–water partition coefficient (Wildman–Crippen LogP) is 2.69. The fraction of sp³-hybridized carbons (Fsp3) is 0.263. The third-order valence-corrected chi connectivity index (χ3v) is 4.13. The van der Waals surface area contributed by atoms with E-state index in [-0.39, 0.29) is 12.3 Å². The van der Waals surface area contributed by atoms with Gasteiger partial charge in [-0.25, -0.2) is 0 Å². The van der Waals surface area contributed by atoms with Crippen LogP contribution in [0.25, 0.3) is 0 Å². The second kappa shape index (κ2) is 8.14. The van der Waals surface area contributed by atoms with Crippen molar-refractivity contribution in [2.24, 2.45) is 11.5 Å². The van der Waals surface area contributed by atoms with Crippen molar-refractivity contribution >= 4 is 23.4 Å². The molecule has 0 fully saturated rings. The first-order valence-corrected chi connectivity index (χ1v) is 8.32. The van der Waals surface area contributed by atoms with E-state index in [4.69, 9.17) is 23.1 Å². The van der Waals surface area contributed by atoms with Crippen LogP contribution in [0.3, 0.4) is 0 Å². The number of primary amides is 1. The molecular weight excluding hydrogens is 338 g/mol. The number of nitrogens with one attached hydrogen (secondary N) is 1. The first-order valence-electron chi connectivity index (χ1n) is 7.94. The molecule has 0 heterocycles. The third-order valence-electron chi connectivity index (χ3n) is 3.88. The van der Waals surface area contributed by atoms with E-state index in [1.54, 1.807) is 24.3 Å². The SMILES string of the molecule is Cc1cc(C)cc(C(N)C(=O)N[C@@H](CC(N)=O)c2ccc(Cl)cc2)c1. The lowest BCUT2D eigenvalue weighted by Crippen LogP contribution is -2.38. The van der Waals surface area contributed by atoms with Crippen LogP contribution in [-0.2, 0) is 9.59 Å². The van der Waals surface area contributed by atoms with Crippen LogP contribution in [0, 0.1) is 13.8 Å². The molecule has 0 aromatic heterocycles. The van der Waals surface area contributed by atoms with Gasteiger partial charge in [0.1, 0.15) is 6.04 Å². The van der Waals surface area contributed by atoms with Gasteiger partial charge in [0.15, 0.2) is 0 Å². The number of rotatable bonds is 6. The molecule has 5 nitrogen and oxygen atoms in total. The molecule has 2 atom stereocenters. The second-order valence-corrected chi connectivity index (χ2v) is 6.62. The van der Waals surface area contributed by atoms with Crippen LogP contribution in [-0.4, -0.2) is 11.8 Å². The van der Waals surface area contributed by atoms with Gasteiger partial charge in [-0.1, -0.05) is 53.1 Å². The molecule has 5 N–H and O–H groups in total. The molecule has 2 aromatic rings. The molecule has 0 radical (unpaired) electrons. The lowest BCUT2D eigenvalue weighted by Gasteiger charge is -2.21. The number of benzene rings is 2. The molecule has 6 heteroatoms. The maximum atomic E-state index is 12.6. The average molecular weight is 360 g/mol. The maximum Gasteiger partial charge on any atom is 0.242 e. The van der Waals surface area contributed by atoms with Crippen molar-refractivity contribution in [2.75, 3.05) is 0 Å². The number of halogens is 1. The summed E-state index contributed by atoms with van der Waals surface area (Å²) in [5.74, 6) is -0.883. The van der Waals surface area contributed by atoms with Crippen LogP contribution < -0.4 is 16.8 Å². The van der Waals surface area contributed by atoms with E-state index >= 15 is 0 Å². The number of aryl methyl sites for hydroxylation is 2. The minimum atomic E-state index is -0.832. The standard InChI is InChI=1S/C19H22ClN3O2/c1-11-7-12(2)9-14(8-11)18(22)19(25)23-16(10-17(21)24)13-3-5-15(20)6-4-13/h3-9,16,18H,10,22H2,1-2H3,(H2,21,24)(H,23,25)/t16-,18?/m0/s1. The van der Waals surface area contributed by atoms with Crippen molar-refractivity contribution in [3.8, 4) is 0 Å². The fourth-order valence-corrected chi connectivity index (χ4v) is 2.88. The van der Waals surface area contributed by atoms with E-state index in [1.165, 1.54) is 0 Å². The minimum absolute atomic E-state index is 0.0209. The molecule has 0 bridgehead atoms. The third kappa shape index (κ3) is 5.31. The Morgan fingerprint density at radius 2 is 1.60 bits per heavy atom. The number of nitrogens with two attached hydrogens (primary N) is 2. The summed E-state index contributed by atoms with van der Waals surface area (Å²) in [6.45, 7) is 3.90. The molecule has 1 unspecified atom stereocenters. The molecule has 0 spiro atoms. The number of carbonyl (C=O) groups excluding carboxylic acids is 2. The fourth-order valence-electron chi connectivity index (χ4n) is 2.75. The summed E-state index contributed by atoms with van der Waals surface area (Å²) in [7, 11) is 0. The number of amides is 2. The highest BCUT2D eigenvalue weighted by molar-refractivity contribution is 6.30. The highest BCUT2D eigenvalue weighted by Gasteiger charge is 2.22. The van der Waals surface area contributed by atoms with Gasteiger partial charge < -0.3 is 16.8 Å². The van der Waals surface area contributed by atoms with Crippen molar-refractivity contribution in [1.82, 2.24) is 5.32 Å². The molecule has 0 aliphatic heterocycles. The lowest BCUT2D eigenvalue weighted by atomic mass is 9.99. The summed E-state index contributed by atoms with van der Waals surface area (Å²) in [6.07, 6.45) is -0.0209.